The van der Waals surface area contributed by atoms with Crippen LogP contribution in [0, 0.1) is 6.92 Å². The standard InChI is InChI=1S/C7H9BrOS/c1-5-4-6(2-3-9)10-7(5)8/h4,9H,2-3H2,1H3. The molecular weight excluding hydrogens is 212 g/mol. The first-order valence-corrected chi connectivity index (χ1v) is 4.70. The molecule has 1 aromatic heterocycles. The maximum atomic E-state index is 8.61. The normalized spacial score (nSPS) is 10.3. The second kappa shape index (κ2) is 3.51. The SMILES string of the molecule is Cc1cc(CCO)sc1Br. The Morgan fingerprint density at radius 3 is 2.80 bits per heavy atom. The maximum Gasteiger partial charge on any atom is 0.0730 e. The number of aliphatic hydroxyl groups excluding tert-OH is 1. The van der Waals surface area contributed by atoms with Crippen molar-refractivity contribution in [1.29, 1.82) is 0 Å². The van der Waals surface area contributed by atoms with Crippen molar-refractivity contribution in [3.05, 3.63) is 20.3 Å². The second-order valence-corrected chi connectivity index (χ2v) is 4.60. The van der Waals surface area contributed by atoms with E-state index in [1.165, 1.54) is 14.2 Å². The van der Waals surface area contributed by atoms with Gasteiger partial charge in [-0.1, -0.05) is 0 Å². The molecule has 0 bridgehead atoms. The molecule has 56 valence electrons. The molecular formula is C7H9BrOS. The van der Waals surface area contributed by atoms with Crippen LogP contribution in [0.1, 0.15) is 10.4 Å². The average molecular weight is 221 g/mol. The van der Waals surface area contributed by atoms with Gasteiger partial charge in [0.25, 0.3) is 0 Å². The lowest BCUT2D eigenvalue weighted by Gasteiger charge is -1.86. The molecule has 0 saturated heterocycles. The number of hydrogen-bond donors (Lipinski definition) is 1. The van der Waals surface area contributed by atoms with E-state index in [1.807, 2.05) is 0 Å². The van der Waals surface area contributed by atoms with Gasteiger partial charge < -0.3 is 5.11 Å². The van der Waals surface area contributed by atoms with Crippen LogP contribution < -0.4 is 0 Å². The third kappa shape index (κ3) is 1.81. The minimum absolute atomic E-state index is 0.242. The lowest BCUT2D eigenvalue weighted by Crippen LogP contribution is -1.84. The summed E-state index contributed by atoms with van der Waals surface area (Å²) in [4.78, 5) is 1.24. The lowest BCUT2D eigenvalue weighted by atomic mass is 10.3. The lowest BCUT2D eigenvalue weighted by molar-refractivity contribution is 0.300. The van der Waals surface area contributed by atoms with Crippen molar-refractivity contribution in [2.75, 3.05) is 6.61 Å². The zero-order valence-corrected chi connectivity index (χ0v) is 8.13. The molecule has 0 unspecified atom stereocenters. The minimum Gasteiger partial charge on any atom is -0.396 e. The van der Waals surface area contributed by atoms with Crippen LogP contribution in [-0.4, -0.2) is 11.7 Å². The largest absolute Gasteiger partial charge is 0.396 e. The molecule has 0 saturated carbocycles. The van der Waals surface area contributed by atoms with Crippen LogP contribution in [0.5, 0.6) is 0 Å². The van der Waals surface area contributed by atoms with Crippen molar-refractivity contribution >= 4 is 27.3 Å². The van der Waals surface area contributed by atoms with E-state index in [1.54, 1.807) is 11.3 Å². The molecule has 1 heterocycles. The van der Waals surface area contributed by atoms with E-state index in [9.17, 15) is 0 Å². The Bertz CT molecular complexity index is 200. The smallest absolute Gasteiger partial charge is 0.0730 e. The Hall–Kier alpha value is 0.140. The van der Waals surface area contributed by atoms with E-state index in [4.69, 9.17) is 5.11 Å². The molecule has 1 N–H and O–H groups in total. The highest BCUT2D eigenvalue weighted by Gasteiger charge is 2.00. The van der Waals surface area contributed by atoms with Crippen LogP contribution in [0.4, 0.5) is 0 Å². The molecule has 0 aliphatic carbocycles. The van der Waals surface area contributed by atoms with Crippen molar-refractivity contribution in [2.45, 2.75) is 13.3 Å². The Balaban J connectivity index is 2.77. The fraction of sp³-hybridized carbons (Fsp3) is 0.429. The molecule has 3 heteroatoms. The van der Waals surface area contributed by atoms with Gasteiger partial charge >= 0.3 is 0 Å². The Kier molecular flexibility index (Phi) is 2.89. The van der Waals surface area contributed by atoms with Crippen molar-refractivity contribution in [2.24, 2.45) is 0 Å². The summed E-state index contributed by atoms with van der Waals surface area (Å²) in [7, 11) is 0. The number of thiophene rings is 1. The monoisotopic (exact) mass is 220 g/mol. The summed E-state index contributed by atoms with van der Waals surface area (Å²) in [6, 6.07) is 2.10. The number of aliphatic hydroxyl groups is 1. The molecule has 0 amide bonds. The molecule has 10 heavy (non-hydrogen) atoms. The van der Waals surface area contributed by atoms with E-state index >= 15 is 0 Å². The molecule has 1 aromatic rings. The van der Waals surface area contributed by atoms with E-state index in [0.717, 1.165) is 6.42 Å². The molecule has 1 nitrogen and oxygen atoms in total. The Morgan fingerprint density at radius 2 is 2.40 bits per heavy atom. The molecule has 0 fully saturated rings. The summed E-state index contributed by atoms with van der Waals surface area (Å²) in [6.07, 6.45) is 0.775. The van der Waals surface area contributed by atoms with Gasteiger partial charge in [-0.2, -0.15) is 0 Å². The van der Waals surface area contributed by atoms with Crippen molar-refractivity contribution in [3.8, 4) is 0 Å². The number of aryl methyl sites for hydroxylation is 1. The molecule has 0 spiro atoms. The van der Waals surface area contributed by atoms with Crippen LogP contribution >= 0.6 is 27.3 Å². The third-order valence-electron chi connectivity index (χ3n) is 1.27. The van der Waals surface area contributed by atoms with E-state index in [2.05, 4.69) is 28.9 Å². The van der Waals surface area contributed by atoms with Gasteiger partial charge in [0.1, 0.15) is 0 Å². The Morgan fingerprint density at radius 1 is 1.70 bits per heavy atom. The van der Waals surface area contributed by atoms with Gasteiger partial charge in [-0.25, -0.2) is 0 Å². The van der Waals surface area contributed by atoms with E-state index in [0.29, 0.717) is 0 Å². The zero-order chi connectivity index (χ0) is 7.56. The van der Waals surface area contributed by atoms with Crippen molar-refractivity contribution in [1.82, 2.24) is 0 Å². The van der Waals surface area contributed by atoms with Gasteiger partial charge in [0.15, 0.2) is 0 Å². The fourth-order valence-electron chi connectivity index (χ4n) is 0.757. The predicted molar refractivity (Wildman–Crippen MR) is 47.5 cm³/mol. The average Bonchev–Trinajstić information content (AvgIpc) is 2.14. The summed E-state index contributed by atoms with van der Waals surface area (Å²) >= 11 is 5.12. The highest BCUT2D eigenvalue weighted by atomic mass is 79.9. The van der Waals surface area contributed by atoms with Gasteiger partial charge in [0, 0.05) is 17.9 Å². The van der Waals surface area contributed by atoms with Crippen LogP contribution in [0.3, 0.4) is 0 Å². The van der Waals surface area contributed by atoms with Crippen LogP contribution in [-0.2, 0) is 6.42 Å². The first-order valence-electron chi connectivity index (χ1n) is 3.09. The van der Waals surface area contributed by atoms with Crippen molar-refractivity contribution in [3.63, 3.8) is 0 Å². The van der Waals surface area contributed by atoms with Gasteiger partial charge in [-0.3, -0.25) is 0 Å². The minimum atomic E-state index is 0.242. The maximum absolute atomic E-state index is 8.61. The Labute approximate surface area is 72.8 Å². The third-order valence-corrected chi connectivity index (χ3v) is 3.46. The highest BCUT2D eigenvalue weighted by Crippen LogP contribution is 2.27. The van der Waals surface area contributed by atoms with E-state index in [-0.39, 0.29) is 6.61 Å². The molecule has 0 atom stereocenters. The molecule has 0 radical (unpaired) electrons. The molecule has 0 aromatic carbocycles. The van der Waals surface area contributed by atoms with Crippen LogP contribution in [0.2, 0.25) is 0 Å². The van der Waals surface area contributed by atoms with E-state index < -0.39 is 0 Å². The number of hydrogen-bond acceptors (Lipinski definition) is 2. The predicted octanol–water partition coefficient (Wildman–Crippen LogP) is 2.35. The van der Waals surface area contributed by atoms with Gasteiger partial charge in [0.05, 0.1) is 3.79 Å². The zero-order valence-electron chi connectivity index (χ0n) is 5.72. The summed E-state index contributed by atoms with van der Waals surface area (Å²) in [5.74, 6) is 0. The summed E-state index contributed by atoms with van der Waals surface area (Å²) in [6.45, 7) is 2.30. The number of halogens is 1. The van der Waals surface area contributed by atoms with Crippen LogP contribution in [0.15, 0.2) is 9.85 Å². The topological polar surface area (TPSA) is 20.2 Å². The van der Waals surface area contributed by atoms with Crippen LogP contribution in [0.25, 0.3) is 0 Å². The molecule has 0 aliphatic heterocycles. The molecule has 0 aliphatic rings. The summed E-state index contributed by atoms with van der Waals surface area (Å²) < 4.78 is 1.18. The van der Waals surface area contributed by atoms with Gasteiger partial charge in [-0.05, 0) is 34.5 Å². The van der Waals surface area contributed by atoms with Crippen molar-refractivity contribution < 1.29 is 5.11 Å². The molecule has 1 rings (SSSR count). The summed E-state index contributed by atoms with van der Waals surface area (Å²) in [5.41, 5.74) is 1.26. The second-order valence-electron chi connectivity index (χ2n) is 2.14. The highest BCUT2D eigenvalue weighted by molar-refractivity contribution is 9.11. The first kappa shape index (κ1) is 8.24. The first-order chi connectivity index (χ1) is 4.74. The quantitative estimate of drug-likeness (QED) is 0.812. The van der Waals surface area contributed by atoms with Gasteiger partial charge in [0.2, 0.25) is 0 Å². The summed E-state index contributed by atoms with van der Waals surface area (Å²) in [5, 5.41) is 8.61. The fourth-order valence-corrected chi connectivity index (χ4v) is 2.37. The van der Waals surface area contributed by atoms with Gasteiger partial charge in [-0.15, -0.1) is 11.3 Å². The number of rotatable bonds is 2.